The van der Waals surface area contributed by atoms with Crippen LogP contribution in [-0.4, -0.2) is 11.7 Å². The lowest BCUT2D eigenvalue weighted by Crippen LogP contribution is -2.28. The van der Waals surface area contributed by atoms with Gasteiger partial charge in [-0.1, -0.05) is 0 Å². The van der Waals surface area contributed by atoms with E-state index in [2.05, 4.69) is 15.8 Å². The number of carbonyl (C=O) groups excluding carboxylic acids is 1. The van der Waals surface area contributed by atoms with E-state index >= 15 is 0 Å². The molecule has 17 heavy (non-hydrogen) atoms. The maximum atomic E-state index is 11.5. The zero-order valence-corrected chi connectivity index (χ0v) is 10.0. The third kappa shape index (κ3) is 2.96. The summed E-state index contributed by atoms with van der Waals surface area (Å²) in [7, 11) is 0. The third-order valence-electron chi connectivity index (χ3n) is 2.04. The van der Waals surface area contributed by atoms with Crippen molar-refractivity contribution in [2.75, 3.05) is 5.32 Å². The Balaban J connectivity index is 2.11. The highest BCUT2D eigenvalue weighted by Gasteiger charge is 2.16. The number of rotatable bonds is 1. The average molecular weight is 232 g/mol. The fourth-order valence-corrected chi connectivity index (χ4v) is 1.40. The fraction of sp³-hybridized carbons (Fsp3) is 0.333. The van der Waals surface area contributed by atoms with E-state index in [0.717, 1.165) is 10.6 Å². The minimum absolute atomic E-state index is 0.468. The predicted octanol–water partition coefficient (Wildman–Crippen LogP) is 0.924. The largest absolute Gasteiger partial charge is 0.444 e. The van der Waals surface area contributed by atoms with Gasteiger partial charge in [-0.15, -0.1) is 0 Å². The summed E-state index contributed by atoms with van der Waals surface area (Å²) in [6.07, 6.45) is 1.18. The highest BCUT2D eigenvalue weighted by atomic mass is 16.6. The van der Waals surface area contributed by atoms with Crippen molar-refractivity contribution in [2.24, 2.45) is 5.10 Å². The molecule has 1 radical (unpaired) electrons. The standard InChI is InChI=1S/C12H14N3O2/c1-12(2,3)17-11(16)14-9-4-5-10-8(6-9)7-13-15-10/h4-7H,1-3H3,(H,14,16). The van der Waals surface area contributed by atoms with Crippen LogP contribution < -0.4 is 21.3 Å². The first-order valence-electron chi connectivity index (χ1n) is 5.32. The molecule has 0 fully saturated rings. The number of ether oxygens (including phenoxy) is 1. The Morgan fingerprint density at radius 1 is 1.35 bits per heavy atom. The van der Waals surface area contributed by atoms with Gasteiger partial charge in [0.25, 0.3) is 0 Å². The summed E-state index contributed by atoms with van der Waals surface area (Å²) in [5.41, 5.74) is 3.95. The maximum Gasteiger partial charge on any atom is 0.412 e. The van der Waals surface area contributed by atoms with Crippen LogP contribution in [0.15, 0.2) is 23.3 Å². The van der Waals surface area contributed by atoms with E-state index in [1.54, 1.807) is 24.4 Å². The quantitative estimate of drug-likeness (QED) is 0.782. The van der Waals surface area contributed by atoms with Crippen molar-refractivity contribution in [2.45, 2.75) is 26.4 Å². The van der Waals surface area contributed by atoms with Gasteiger partial charge >= 0.3 is 6.09 Å². The van der Waals surface area contributed by atoms with E-state index in [1.165, 1.54) is 0 Å². The normalized spacial score (nSPS) is 12.9. The van der Waals surface area contributed by atoms with Crippen LogP contribution in [0.2, 0.25) is 0 Å². The molecule has 0 aliphatic carbocycles. The molecule has 1 aliphatic rings. The highest BCUT2D eigenvalue weighted by molar-refractivity contribution is 5.84. The number of nitrogens with one attached hydrogen (secondary N) is 1. The SMILES string of the molecule is CC(C)(C)OC(=O)Nc1ccc2c(c1)=C[N]N=2. The van der Waals surface area contributed by atoms with Crippen molar-refractivity contribution in [3.05, 3.63) is 28.8 Å². The molecule has 0 saturated carbocycles. The zero-order valence-electron chi connectivity index (χ0n) is 10.0. The van der Waals surface area contributed by atoms with Crippen molar-refractivity contribution in [3.63, 3.8) is 0 Å². The van der Waals surface area contributed by atoms with Gasteiger partial charge in [-0.3, -0.25) is 5.32 Å². The molecule has 2 rings (SSSR count). The zero-order chi connectivity index (χ0) is 12.5. The Kier molecular flexibility index (Phi) is 2.75. The molecule has 89 valence electrons. The van der Waals surface area contributed by atoms with Gasteiger partial charge in [0.2, 0.25) is 0 Å². The Bertz CT molecular complexity index is 558. The van der Waals surface area contributed by atoms with E-state index in [4.69, 9.17) is 4.74 Å². The molecule has 1 aliphatic heterocycles. The van der Waals surface area contributed by atoms with Gasteiger partial charge in [0.05, 0.1) is 11.6 Å². The molecular formula is C12H14N3O2. The Morgan fingerprint density at radius 3 is 2.82 bits per heavy atom. The van der Waals surface area contributed by atoms with Crippen LogP contribution in [0.5, 0.6) is 0 Å². The summed E-state index contributed by atoms with van der Waals surface area (Å²) in [4.78, 5) is 11.5. The van der Waals surface area contributed by atoms with E-state index in [0.29, 0.717) is 5.69 Å². The van der Waals surface area contributed by atoms with Gasteiger partial charge in [0.15, 0.2) is 0 Å². The first kappa shape index (κ1) is 11.4. The smallest absolute Gasteiger partial charge is 0.412 e. The molecule has 0 bridgehead atoms. The Hall–Kier alpha value is -2.04. The van der Waals surface area contributed by atoms with Crippen LogP contribution in [0.1, 0.15) is 20.8 Å². The second-order valence-corrected chi connectivity index (χ2v) is 4.75. The lowest BCUT2D eigenvalue weighted by molar-refractivity contribution is 0.0636. The number of benzene rings is 1. The van der Waals surface area contributed by atoms with Crippen LogP contribution in [0.4, 0.5) is 10.5 Å². The van der Waals surface area contributed by atoms with Gasteiger partial charge in [-0.2, -0.15) is 10.5 Å². The van der Waals surface area contributed by atoms with Crippen molar-refractivity contribution < 1.29 is 9.53 Å². The lowest BCUT2D eigenvalue weighted by Gasteiger charge is -2.19. The average Bonchev–Trinajstić information content (AvgIpc) is 2.61. The molecule has 1 heterocycles. The lowest BCUT2D eigenvalue weighted by atomic mass is 10.2. The molecule has 5 heteroatoms. The first-order valence-corrected chi connectivity index (χ1v) is 5.32. The van der Waals surface area contributed by atoms with Gasteiger partial charge in [-0.05, 0) is 39.0 Å². The molecule has 0 atom stereocenters. The number of anilines is 1. The molecule has 0 aromatic heterocycles. The van der Waals surface area contributed by atoms with Crippen LogP contribution in [-0.2, 0) is 4.74 Å². The van der Waals surface area contributed by atoms with E-state index in [1.807, 2.05) is 20.8 Å². The topological polar surface area (TPSA) is 64.8 Å². The van der Waals surface area contributed by atoms with Crippen LogP contribution in [0.3, 0.4) is 0 Å². The number of nitrogens with zero attached hydrogens (tertiary/aromatic N) is 2. The molecule has 1 aromatic carbocycles. The summed E-state index contributed by atoms with van der Waals surface area (Å²) in [6.45, 7) is 5.46. The minimum Gasteiger partial charge on any atom is -0.444 e. The second-order valence-electron chi connectivity index (χ2n) is 4.75. The summed E-state index contributed by atoms with van der Waals surface area (Å²) in [6, 6.07) is 5.37. The molecular weight excluding hydrogens is 218 g/mol. The van der Waals surface area contributed by atoms with E-state index in [9.17, 15) is 4.79 Å². The molecule has 0 saturated heterocycles. The number of fused-ring (bicyclic) bond motifs is 1. The molecule has 0 unspecified atom stereocenters. The van der Waals surface area contributed by atoms with Gasteiger partial charge < -0.3 is 4.74 Å². The third-order valence-corrected chi connectivity index (χ3v) is 2.04. The van der Waals surface area contributed by atoms with E-state index in [-0.39, 0.29) is 0 Å². The monoisotopic (exact) mass is 232 g/mol. The molecule has 1 N–H and O–H groups in total. The van der Waals surface area contributed by atoms with Crippen LogP contribution >= 0.6 is 0 Å². The van der Waals surface area contributed by atoms with Crippen molar-refractivity contribution in [3.8, 4) is 0 Å². The number of amides is 1. The minimum atomic E-state index is -0.502. The van der Waals surface area contributed by atoms with Crippen molar-refractivity contribution >= 4 is 18.0 Å². The molecule has 1 amide bonds. The van der Waals surface area contributed by atoms with E-state index < -0.39 is 11.7 Å². The van der Waals surface area contributed by atoms with Crippen LogP contribution in [0.25, 0.3) is 6.20 Å². The van der Waals surface area contributed by atoms with Crippen LogP contribution in [0, 0.1) is 0 Å². The van der Waals surface area contributed by atoms with Gasteiger partial charge in [0.1, 0.15) is 5.60 Å². The molecule has 0 spiro atoms. The number of hydrogen-bond donors (Lipinski definition) is 1. The number of carbonyl (C=O) groups is 1. The Labute approximate surface area is 99.2 Å². The Morgan fingerprint density at radius 2 is 2.12 bits per heavy atom. The van der Waals surface area contributed by atoms with Crippen molar-refractivity contribution in [1.29, 1.82) is 0 Å². The van der Waals surface area contributed by atoms with Gasteiger partial charge in [-0.25, -0.2) is 4.79 Å². The number of hydrogen-bond acceptors (Lipinski definition) is 3. The molecule has 5 nitrogen and oxygen atoms in total. The summed E-state index contributed by atoms with van der Waals surface area (Å²) >= 11 is 0. The predicted molar refractivity (Wildman–Crippen MR) is 63.7 cm³/mol. The second kappa shape index (κ2) is 4.08. The first-order chi connectivity index (χ1) is 7.94. The van der Waals surface area contributed by atoms with Gasteiger partial charge in [0, 0.05) is 10.9 Å². The summed E-state index contributed by atoms with van der Waals surface area (Å²) in [5.74, 6) is 0. The summed E-state index contributed by atoms with van der Waals surface area (Å²) in [5, 5.41) is 8.26. The summed E-state index contributed by atoms with van der Waals surface area (Å²) < 4.78 is 5.15. The molecule has 1 aromatic rings. The highest BCUT2D eigenvalue weighted by Crippen LogP contribution is 2.09. The fourth-order valence-electron chi connectivity index (χ4n) is 1.40. The van der Waals surface area contributed by atoms with Crippen molar-refractivity contribution in [1.82, 2.24) is 5.43 Å². The maximum absolute atomic E-state index is 11.5.